The van der Waals surface area contributed by atoms with Gasteiger partial charge in [-0.1, -0.05) is 5.16 Å². The van der Waals surface area contributed by atoms with Gasteiger partial charge >= 0.3 is 11.4 Å². The van der Waals surface area contributed by atoms with E-state index in [4.69, 9.17) is 14.4 Å². The van der Waals surface area contributed by atoms with Crippen LogP contribution in [0.3, 0.4) is 0 Å². The fraction of sp³-hybridized carbons (Fsp3) is 0.333. The fourth-order valence-electron chi connectivity index (χ4n) is 10.0. The van der Waals surface area contributed by atoms with Gasteiger partial charge < -0.3 is 14.0 Å². The number of pyridine rings is 1. The van der Waals surface area contributed by atoms with Gasteiger partial charge in [0.15, 0.2) is 29.1 Å². The molecule has 1 saturated heterocycles. The Balaban J connectivity index is 1.05. The summed E-state index contributed by atoms with van der Waals surface area (Å²) >= 11 is 0. The van der Waals surface area contributed by atoms with Crippen LogP contribution in [0.1, 0.15) is 97.1 Å². The van der Waals surface area contributed by atoms with E-state index < -0.39 is 46.2 Å². The summed E-state index contributed by atoms with van der Waals surface area (Å²) in [5.41, 5.74) is 1.96. The molecule has 2 atom stereocenters. The number of carbonyl (C=O) groups is 1. The van der Waals surface area contributed by atoms with Crippen molar-refractivity contribution in [3.8, 4) is 17.2 Å². The maximum Gasteiger partial charge on any atom is 0.438 e. The summed E-state index contributed by atoms with van der Waals surface area (Å²) in [6.07, 6.45) is 9.00. The van der Waals surface area contributed by atoms with Gasteiger partial charge in [0.25, 0.3) is 5.91 Å². The van der Waals surface area contributed by atoms with E-state index in [9.17, 15) is 22.8 Å². The standard InChI is InChI=1S/C45H40F4N10O5/c1-23-35-32(52-59(27-19-30(46)37(49)31(47)20-27)39(35)58-15-14-57(43(58)62)34-6-5-33-29(36(34)48)22-50-54(33)4)8-13-55(23)40(60)28-18-26-17-24(25-9-16-63-44(2,3)21-25)7-12-56(26)38(28)45(10-11-45)41-51-42(61)64-53-41/h5-7,12,14-15,17-20,22-23,25H,8-11,13,16,21H2,1-4H3,(H,51,53,61)/t23-,25+/m0/s1. The summed E-state index contributed by atoms with van der Waals surface area (Å²) in [4.78, 5) is 46.5. The predicted octanol–water partition coefficient (Wildman–Crippen LogP) is 6.70. The lowest BCUT2D eigenvalue weighted by Crippen LogP contribution is -2.40. The minimum atomic E-state index is -1.68. The van der Waals surface area contributed by atoms with Crippen LogP contribution in [-0.4, -0.2) is 72.8 Å². The van der Waals surface area contributed by atoms with Crippen LogP contribution in [0.4, 0.5) is 17.6 Å². The van der Waals surface area contributed by atoms with E-state index in [1.54, 1.807) is 24.9 Å². The van der Waals surface area contributed by atoms with Crippen LogP contribution < -0.4 is 11.4 Å². The monoisotopic (exact) mass is 876 g/mol. The quantitative estimate of drug-likeness (QED) is 0.137. The first-order valence-corrected chi connectivity index (χ1v) is 21.0. The molecule has 1 amide bonds. The summed E-state index contributed by atoms with van der Waals surface area (Å²) in [7, 11) is 1.66. The van der Waals surface area contributed by atoms with Gasteiger partial charge in [-0.2, -0.15) is 10.2 Å². The lowest BCUT2D eigenvalue weighted by molar-refractivity contribution is -0.0593. The first-order valence-electron chi connectivity index (χ1n) is 21.0. The van der Waals surface area contributed by atoms with Gasteiger partial charge in [-0.15, -0.1) is 0 Å². The molecule has 1 saturated carbocycles. The topological polar surface area (TPSA) is 155 Å². The van der Waals surface area contributed by atoms with Gasteiger partial charge in [0.2, 0.25) is 0 Å². The number of ether oxygens (including phenoxy) is 1. The third-order valence-corrected chi connectivity index (χ3v) is 13.3. The Morgan fingerprint density at radius 2 is 1.72 bits per heavy atom. The van der Waals surface area contributed by atoms with E-state index in [2.05, 4.69) is 41.2 Å². The second-order valence-electron chi connectivity index (χ2n) is 17.6. The molecule has 0 unspecified atom stereocenters. The Labute approximate surface area is 360 Å². The molecule has 1 N–H and O–H groups in total. The Morgan fingerprint density at radius 1 is 0.953 bits per heavy atom. The summed E-state index contributed by atoms with van der Waals surface area (Å²) < 4.78 is 78.0. The molecule has 15 nitrogen and oxygen atoms in total. The highest BCUT2D eigenvalue weighted by Gasteiger charge is 2.54. The fourth-order valence-corrected chi connectivity index (χ4v) is 10.0. The van der Waals surface area contributed by atoms with E-state index in [0.717, 1.165) is 45.3 Å². The van der Waals surface area contributed by atoms with Crippen molar-refractivity contribution in [2.75, 3.05) is 13.2 Å². The largest absolute Gasteiger partial charge is 0.438 e. The molecule has 2 fully saturated rings. The molecule has 6 aromatic heterocycles. The summed E-state index contributed by atoms with van der Waals surface area (Å²) in [5, 5.41) is 13.1. The van der Waals surface area contributed by atoms with Crippen molar-refractivity contribution in [2.45, 2.75) is 75.9 Å². The molecule has 0 radical (unpaired) electrons. The molecule has 2 aromatic carbocycles. The maximum atomic E-state index is 16.0. The first kappa shape index (κ1) is 39.8. The molecule has 328 valence electrons. The molecule has 0 spiro atoms. The number of nitrogens with one attached hydrogen (secondary N) is 1. The van der Waals surface area contributed by atoms with Crippen molar-refractivity contribution in [3.05, 3.63) is 145 Å². The molecule has 8 heterocycles. The number of aryl methyl sites for hydroxylation is 1. The van der Waals surface area contributed by atoms with Crippen molar-refractivity contribution < 1.29 is 31.6 Å². The van der Waals surface area contributed by atoms with Gasteiger partial charge in [-0.25, -0.2) is 31.8 Å². The lowest BCUT2D eigenvalue weighted by atomic mass is 9.84. The number of imidazole rings is 1. The number of benzene rings is 2. The summed E-state index contributed by atoms with van der Waals surface area (Å²) in [6, 6.07) is 9.78. The molecular formula is C45H40F4N10O5. The zero-order chi connectivity index (χ0) is 44.6. The van der Waals surface area contributed by atoms with Crippen molar-refractivity contribution in [1.82, 2.24) is 48.1 Å². The molecule has 3 aliphatic rings. The predicted molar refractivity (Wildman–Crippen MR) is 222 cm³/mol. The van der Waals surface area contributed by atoms with Crippen LogP contribution in [-0.2, 0) is 23.6 Å². The molecule has 64 heavy (non-hydrogen) atoms. The van der Waals surface area contributed by atoms with Crippen molar-refractivity contribution in [1.29, 1.82) is 0 Å². The Morgan fingerprint density at radius 3 is 2.44 bits per heavy atom. The molecule has 2 aliphatic heterocycles. The molecular weight excluding hydrogens is 837 g/mol. The highest BCUT2D eigenvalue weighted by Crippen LogP contribution is 2.54. The summed E-state index contributed by atoms with van der Waals surface area (Å²) in [5.74, 6) is -5.87. The zero-order valence-electron chi connectivity index (χ0n) is 35.0. The highest BCUT2D eigenvalue weighted by molar-refractivity contribution is 5.98. The van der Waals surface area contributed by atoms with Crippen molar-refractivity contribution in [2.24, 2.45) is 7.05 Å². The number of fused-ring (bicyclic) bond motifs is 3. The van der Waals surface area contributed by atoms with Gasteiger partial charge in [0, 0.05) is 74.1 Å². The summed E-state index contributed by atoms with van der Waals surface area (Å²) in [6.45, 7) is 6.69. The smallest absolute Gasteiger partial charge is 0.376 e. The molecule has 11 rings (SSSR count). The van der Waals surface area contributed by atoms with E-state index in [1.165, 1.54) is 33.9 Å². The van der Waals surface area contributed by atoms with Gasteiger partial charge in [0.05, 0.1) is 56.8 Å². The van der Waals surface area contributed by atoms with E-state index >= 15 is 9.18 Å². The van der Waals surface area contributed by atoms with E-state index in [-0.39, 0.29) is 53.0 Å². The van der Waals surface area contributed by atoms with Crippen LogP contribution in [0.5, 0.6) is 0 Å². The van der Waals surface area contributed by atoms with Gasteiger partial charge in [0.1, 0.15) is 5.82 Å². The molecule has 19 heteroatoms. The van der Waals surface area contributed by atoms with Crippen molar-refractivity contribution in [3.63, 3.8) is 0 Å². The van der Waals surface area contributed by atoms with Crippen LogP contribution in [0.2, 0.25) is 0 Å². The number of aromatic amines is 1. The highest BCUT2D eigenvalue weighted by atomic mass is 19.2. The second-order valence-corrected chi connectivity index (χ2v) is 17.6. The van der Waals surface area contributed by atoms with Crippen LogP contribution in [0.15, 0.2) is 81.4 Å². The molecule has 1 aliphatic carbocycles. The first-order chi connectivity index (χ1) is 30.6. The normalized spacial score (nSPS) is 19.2. The third kappa shape index (κ3) is 5.96. The number of hydrogen-bond acceptors (Lipinski definition) is 8. The number of rotatable bonds is 7. The number of carbonyl (C=O) groups excluding carboxylic acids is 1. The molecule has 8 aromatic rings. The van der Waals surface area contributed by atoms with Crippen LogP contribution in [0.25, 0.3) is 33.6 Å². The SMILES string of the molecule is C[C@H]1c2c(nn(-c3cc(F)c(F)c(F)c3)c2-n2ccn(-c3ccc4c(cnn4C)c3F)c2=O)CCN1C(=O)c1cc2cc([C@@H]3CCOC(C)(C)C3)ccn2c1C1(c2noc(=O)[nH]2)CC1. The maximum absolute atomic E-state index is 16.0. The Hall–Kier alpha value is -7.02. The number of nitrogens with zero attached hydrogens (tertiary/aromatic N) is 9. The Bertz CT molecular complexity index is 3340. The van der Waals surface area contributed by atoms with E-state index in [0.29, 0.717) is 53.3 Å². The lowest BCUT2D eigenvalue weighted by Gasteiger charge is -2.35. The van der Waals surface area contributed by atoms with Gasteiger partial charge in [-0.05, 0) is 88.3 Å². The average molecular weight is 877 g/mol. The van der Waals surface area contributed by atoms with Crippen LogP contribution >= 0.6 is 0 Å². The average Bonchev–Trinajstić information content (AvgIpc) is 3.72. The van der Waals surface area contributed by atoms with Crippen molar-refractivity contribution >= 4 is 22.3 Å². The third-order valence-electron chi connectivity index (χ3n) is 13.3. The number of amides is 1. The van der Waals surface area contributed by atoms with E-state index in [1.807, 2.05) is 16.7 Å². The Kier molecular flexibility index (Phi) is 8.70. The zero-order valence-corrected chi connectivity index (χ0v) is 35.0. The van der Waals surface area contributed by atoms with Crippen LogP contribution in [0, 0.1) is 23.3 Å². The number of H-pyrrole nitrogens is 1. The molecule has 0 bridgehead atoms. The number of halogens is 4. The number of hydrogen-bond donors (Lipinski definition) is 1. The minimum Gasteiger partial charge on any atom is -0.376 e. The van der Waals surface area contributed by atoms with Gasteiger partial charge in [-0.3, -0.25) is 28.1 Å². The second kappa shape index (κ2) is 14.0. The number of aromatic nitrogens is 9. The minimum absolute atomic E-state index is 0.0159.